The van der Waals surface area contributed by atoms with E-state index in [9.17, 15) is 4.79 Å². The van der Waals surface area contributed by atoms with Crippen molar-refractivity contribution in [3.8, 4) is 22.9 Å². The summed E-state index contributed by atoms with van der Waals surface area (Å²) in [4.78, 5) is 16.9. The molecule has 0 atom stereocenters. The first-order valence-corrected chi connectivity index (χ1v) is 11.4. The van der Waals surface area contributed by atoms with Gasteiger partial charge in [-0.2, -0.15) is 10.1 Å². The number of nitrogens with zero attached hydrogens (tertiary/aromatic N) is 4. The fourth-order valence-electron chi connectivity index (χ4n) is 3.84. The SMILES string of the molecule is COc1ccc(-c2noc(CCC(=O)NCc3c(C)nn(Cc4ccccc4)c3C)n2)cc1OC. The minimum absolute atomic E-state index is 0.0922. The Morgan fingerprint density at radius 2 is 1.83 bits per heavy atom. The van der Waals surface area contributed by atoms with Crippen LogP contribution in [0.25, 0.3) is 11.4 Å². The van der Waals surface area contributed by atoms with Crippen LogP contribution in [0.15, 0.2) is 53.1 Å². The second-order valence-corrected chi connectivity index (χ2v) is 8.15. The molecule has 0 aliphatic rings. The second-order valence-electron chi connectivity index (χ2n) is 8.15. The van der Waals surface area contributed by atoms with Crippen molar-refractivity contribution >= 4 is 5.91 Å². The molecular formula is C26H29N5O4. The number of aryl methyl sites for hydroxylation is 2. The smallest absolute Gasteiger partial charge is 0.227 e. The highest BCUT2D eigenvalue weighted by Gasteiger charge is 2.15. The van der Waals surface area contributed by atoms with Gasteiger partial charge in [0.05, 0.1) is 26.5 Å². The summed E-state index contributed by atoms with van der Waals surface area (Å²) in [5.41, 5.74) is 4.90. The van der Waals surface area contributed by atoms with Crippen LogP contribution >= 0.6 is 0 Å². The molecule has 0 aliphatic carbocycles. The van der Waals surface area contributed by atoms with E-state index in [-0.39, 0.29) is 12.3 Å². The van der Waals surface area contributed by atoms with Gasteiger partial charge in [0.2, 0.25) is 17.6 Å². The van der Waals surface area contributed by atoms with Gasteiger partial charge in [-0.05, 0) is 37.6 Å². The zero-order valence-electron chi connectivity index (χ0n) is 20.4. The van der Waals surface area contributed by atoms with Gasteiger partial charge in [0.1, 0.15) is 0 Å². The van der Waals surface area contributed by atoms with E-state index in [4.69, 9.17) is 14.0 Å². The van der Waals surface area contributed by atoms with Crippen molar-refractivity contribution in [2.24, 2.45) is 0 Å². The molecule has 9 heteroatoms. The van der Waals surface area contributed by atoms with Gasteiger partial charge >= 0.3 is 0 Å². The van der Waals surface area contributed by atoms with Crippen LogP contribution in [0, 0.1) is 13.8 Å². The van der Waals surface area contributed by atoms with Gasteiger partial charge in [0.15, 0.2) is 11.5 Å². The van der Waals surface area contributed by atoms with Crippen molar-refractivity contribution in [1.29, 1.82) is 0 Å². The summed E-state index contributed by atoms with van der Waals surface area (Å²) in [5.74, 6) is 1.93. The maximum atomic E-state index is 12.5. The van der Waals surface area contributed by atoms with Crippen molar-refractivity contribution in [2.45, 2.75) is 39.8 Å². The molecule has 2 heterocycles. The lowest BCUT2D eigenvalue weighted by atomic mass is 10.2. The molecule has 0 saturated carbocycles. The number of rotatable bonds is 10. The summed E-state index contributed by atoms with van der Waals surface area (Å²) in [6.07, 6.45) is 0.584. The monoisotopic (exact) mass is 475 g/mol. The largest absolute Gasteiger partial charge is 0.493 e. The topological polar surface area (TPSA) is 104 Å². The quantitative estimate of drug-likeness (QED) is 0.371. The van der Waals surface area contributed by atoms with Crippen LogP contribution < -0.4 is 14.8 Å². The Labute approximate surface area is 204 Å². The van der Waals surface area contributed by atoms with Crippen LogP contribution in [0.3, 0.4) is 0 Å². The first kappa shape index (κ1) is 24.0. The molecule has 0 fully saturated rings. The number of hydrogen-bond donors (Lipinski definition) is 1. The zero-order chi connectivity index (χ0) is 24.8. The fraction of sp³-hybridized carbons (Fsp3) is 0.308. The Bertz CT molecular complexity index is 1300. The van der Waals surface area contributed by atoms with Crippen molar-refractivity contribution in [2.75, 3.05) is 14.2 Å². The highest BCUT2D eigenvalue weighted by atomic mass is 16.5. The van der Waals surface area contributed by atoms with E-state index in [1.807, 2.05) is 42.8 Å². The van der Waals surface area contributed by atoms with Crippen molar-refractivity contribution in [3.63, 3.8) is 0 Å². The fourth-order valence-corrected chi connectivity index (χ4v) is 3.84. The Balaban J connectivity index is 1.32. The Kier molecular flexibility index (Phi) is 7.45. The Morgan fingerprint density at radius 1 is 1.06 bits per heavy atom. The van der Waals surface area contributed by atoms with Crippen LogP contribution in [0.1, 0.15) is 34.8 Å². The number of aromatic nitrogens is 4. The molecule has 4 aromatic rings. The molecule has 1 N–H and O–H groups in total. The van der Waals surface area contributed by atoms with E-state index in [1.54, 1.807) is 26.4 Å². The second kappa shape index (κ2) is 10.9. The van der Waals surface area contributed by atoms with Crippen molar-refractivity contribution in [1.82, 2.24) is 25.2 Å². The molecular weight excluding hydrogens is 446 g/mol. The van der Waals surface area contributed by atoms with E-state index < -0.39 is 0 Å². The lowest BCUT2D eigenvalue weighted by Crippen LogP contribution is -2.23. The van der Waals surface area contributed by atoms with Gasteiger partial charge < -0.3 is 19.3 Å². The highest BCUT2D eigenvalue weighted by Crippen LogP contribution is 2.31. The van der Waals surface area contributed by atoms with Gasteiger partial charge in [-0.1, -0.05) is 35.5 Å². The van der Waals surface area contributed by atoms with Crippen LogP contribution in [0.5, 0.6) is 11.5 Å². The Morgan fingerprint density at radius 3 is 2.57 bits per heavy atom. The van der Waals surface area contributed by atoms with E-state index in [2.05, 4.69) is 32.7 Å². The van der Waals surface area contributed by atoms with Crippen molar-refractivity contribution in [3.05, 3.63) is 76.9 Å². The summed E-state index contributed by atoms with van der Waals surface area (Å²) in [6.45, 7) is 5.11. The van der Waals surface area contributed by atoms with E-state index in [1.165, 1.54) is 5.56 Å². The zero-order valence-corrected chi connectivity index (χ0v) is 20.4. The average Bonchev–Trinajstić information content (AvgIpc) is 3.46. The molecule has 182 valence electrons. The number of methoxy groups -OCH3 is 2. The third kappa shape index (κ3) is 5.68. The predicted octanol–water partition coefficient (Wildman–Crippen LogP) is 3.86. The van der Waals surface area contributed by atoms with Crippen LogP contribution in [0.2, 0.25) is 0 Å². The molecule has 1 amide bonds. The first-order valence-electron chi connectivity index (χ1n) is 11.4. The molecule has 0 saturated heterocycles. The Hall–Kier alpha value is -4.14. The molecule has 9 nitrogen and oxygen atoms in total. The summed E-state index contributed by atoms with van der Waals surface area (Å²) in [5, 5.41) is 11.7. The standard InChI is InChI=1S/C26H29N5O4/c1-17-21(18(2)31(29-17)16-19-8-6-5-7-9-19)15-27-24(32)12-13-25-28-26(30-35-25)20-10-11-22(33-3)23(14-20)34-4/h5-11,14H,12-13,15-16H2,1-4H3,(H,27,32). The van der Waals surface area contributed by atoms with Gasteiger partial charge in [-0.3, -0.25) is 9.48 Å². The first-order chi connectivity index (χ1) is 17.0. The number of carbonyl (C=O) groups excluding carboxylic acids is 1. The van der Waals surface area contributed by atoms with Gasteiger partial charge in [0, 0.05) is 36.2 Å². The molecule has 2 aromatic heterocycles. The van der Waals surface area contributed by atoms with Crippen molar-refractivity contribution < 1.29 is 18.8 Å². The molecule has 0 radical (unpaired) electrons. The van der Waals surface area contributed by atoms with E-state index in [0.29, 0.717) is 42.7 Å². The average molecular weight is 476 g/mol. The third-order valence-electron chi connectivity index (χ3n) is 5.84. The maximum absolute atomic E-state index is 12.5. The third-order valence-corrected chi connectivity index (χ3v) is 5.84. The molecule has 0 unspecified atom stereocenters. The number of nitrogens with one attached hydrogen (secondary N) is 1. The molecule has 0 aliphatic heterocycles. The highest BCUT2D eigenvalue weighted by molar-refractivity contribution is 5.76. The predicted molar refractivity (Wildman–Crippen MR) is 130 cm³/mol. The number of ether oxygens (including phenoxy) is 2. The normalized spacial score (nSPS) is 10.9. The number of hydrogen-bond acceptors (Lipinski definition) is 7. The van der Waals surface area contributed by atoms with Crippen LogP contribution in [0.4, 0.5) is 0 Å². The van der Waals surface area contributed by atoms with Crippen LogP contribution in [-0.4, -0.2) is 40.0 Å². The summed E-state index contributed by atoms with van der Waals surface area (Å²) in [6, 6.07) is 15.6. The summed E-state index contributed by atoms with van der Waals surface area (Å²) < 4.78 is 17.9. The molecule has 35 heavy (non-hydrogen) atoms. The molecule has 0 bridgehead atoms. The minimum atomic E-state index is -0.0922. The lowest BCUT2D eigenvalue weighted by molar-refractivity contribution is -0.121. The van der Waals surface area contributed by atoms with Crippen LogP contribution in [-0.2, 0) is 24.3 Å². The number of carbonyl (C=O) groups is 1. The molecule has 0 spiro atoms. The van der Waals surface area contributed by atoms with Gasteiger partial charge in [-0.25, -0.2) is 0 Å². The lowest BCUT2D eigenvalue weighted by Gasteiger charge is -2.07. The van der Waals surface area contributed by atoms with Gasteiger partial charge in [0.25, 0.3) is 0 Å². The summed E-state index contributed by atoms with van der Waals surface area (Å²) in [7, 11) is 3.15. The maximum Gasteiger partial charge on any atom is 0.227 e. The minimum Gasteiger partial charge on any atom is -0.493 e. The van der Waals surface area contributed by atoms with E-state index in [0.717, 1.165) is 22.5 Å². The number of amides is 1. The van der Waals surface area contributed by atoms with E-state index >= 15 is 0 Å². The molecule has 4 rings (SSSR count). The molecule has 2 aromatic carbocycles. The summed E-state index contributed by atoms with van der Waals surface area (Å²) >= 11 is 0. The van der Waals surface area contributed by atoms with Gasteiger partial charge in [-0.15, -0.1) is 0 Å². The number of benzene rings is 2.